The molecule has 1 aliphatic heterocycles. The molecule has 1 fully saturated rings. The van der Waals surface area contributed by atoms with Gasteiger partial charge in [-0.3, -0.25) is 14.3 Å². The van der Waals surface area contributed by atoms with E-state index in [2.05, 4.69) is 0 Å². The Morgan fingerprint density at radius 3 is 2.60 bits per heavy atom. The molecule has 2 heterocycles. The Labute approximate surface area is 112 Å². The third-order valence-corrected chi connectivity index (χ3v) is 3.64. The van der Waals surface area contributed by atoms with Crippen molar-refractivity contribution in [3.8, 4) is 0 Å². The molecule has 112 valence electrons. The number of nitrogens with zero attached hydrogens (tertiary/aromatic N) is 1. The van der Waals surface area contributed by atoms with Crippen LogP contribution in [-0.2, 0) is 10.5 Å². The number of rotatable bonds is 2. The minimum absolute atomic E-state index is 0.584. The number of nitrogens with one attached hydrogen (secondary N) is 1. The van der Waals surface area contributed by atoms with Gasteiger partial charge in [0.25, 0.3) is 5.56 Å². The lowest BCUT2D eigenvalue weighted by Crippen LogP contribution is -2.53. The number of aliphatic hydroxyl groups excluding tert-OH is 2. The van der Waals surface area contributed by atoms with Crippen molar-refractivity contribution in [1.82, 2.24) is 9.55 Å². The quantitative estimate of drug-likeness (QED) is 0.492. The highest BCUT2D eigenvalue weighted by Gasteiger charge is 2.59. The first-order valence-electron chi connectivity index (χ1n) is 5.85. The van der Waals surface area contributed by atoms with Crippen molar-refractivity contribution in [2.75, 3.05) is 6.61 Å². The van der Waals surface area contributed by atoms with Crippen LogP contribution in [0.4, 0.5) is 4.39 Å². The molecule has 0 amide bonds. The average Bonchev–Trinajstić information content (AvgIpc) is 2.55. The van der Waals surface area contributed by atoms with Crippen molar-refractivity contribution in [2.45, 2.75) is 37.4 Å². The van der Waals surface area contributed by atoms with E-state index in [1.54, 1.807) is 4.98 Å². The number of aromatic nitrogens is 2. The standard InChI is InChI=1S/C11H15FN2O6/c1-10(19)6(4-15)20-11(2,8(10)17)14-3-5(12)7(16)13-9(14)18/h3,6,8,15,17,19H,4H2,1-2H3,(H,13,16,18)/t6-,8-,10-,11-/m1/s1. The summed E-state index contributed by atoms with van der Waals surface area (Å²) in [7, 11) is 0. The predicted molar refractivity (Wildman–Crippen MR) is 63.5 cm³/mol. The minimum Gasteiger partial charge on any atom is -0.394 e. The zero-order valence-corrected chi connectivity index (χ0v) is 10.8. The molecule has 0 saturated carbocycles. The number of aromatic amines is 1. The van der Waals surface area contributed by atoms with Gasteiger partial charge in [0.1, 0.15) is 17.8 Å². The summed E-state index contributed by atoms with van der Waals surface area (Å²) in [6.45, 7) is 1.85. The monoisotopic (exact) mass is 290 g/mol. The van der Waals surface area contributed by atoms with Crippen LogP contribution in [0.25, 0.3) is 0 Å². The van der Waals surface area contributed by atoms with Crippen LogP contribution >= 0.6 is 0 Å². The Balaban J connectivity index is 2.60. The van der Waals surface area contributed by atoms with Gasteiger partial charge in [0.2, 0.25) is 5.82 Å². The van der Waals surface area contributed by atoms with Crippen LogP contribution in [0.15, 0.2) is 15.8 Å². The van der Waals surface area contributed by atoms with E-state index < -0.39 is 47.2 Å². The molecule has 1 aliphatic rings. The molecule has 0 unspecified atom stereocenters. The molecular formula is C11H15FN2O6. The normalized spacial score (nSPS) is 37.3. The highest BCUT2D eigenvalue weighted by molar-refractivity contribution is 5.06. The van der Waals surface area contributed by atoms with E-state index in [-0.39, 0.29) is 0 Å². The molecule has 0 radical (unpaired) electrons. The number of aliphatic hydroxyl groups is 3. The van der Waals surface area contributed by atoms with Crippen molar-refractivity contribution < 1.29 is 24.4 Å². The Kier molecular flexibility index (Phi) is 3.33. The van der Waals surface area contributed by atoms with Crippen molar-refractivity contribution in [3.05, 3.63) is 32.9 Å². The average molecular weight is 290 g/mol. The molecule has 4 N–H and O–H groups in total. The van der Waals surface area contributed by atoms with Crippen LogP contribution in [0.5, 0.6) is 0 Å². The van der Waals surface area contributed by atoms with Gasteiger partial charge in [0.15, 0.2) is 5.72 Å². The van der Waals surface area contributed by atoms with Crippen molar-refractivity contribution in [3.63, 3.8) is 0 Å². The first-order valence-corrected chi connectivity index (χ1v) is 5.85. The molecule has 0 spiro atoms. The fourth-order valence-corrected chi connectivity index (χ4v) is 2.38. The van der Waals surface area contributed by atoms with Gasteiger partial charge in [0.05, 0.1) is 12.8 Å². The SMILES string of the molecule is C[C@]1(O)[C@@H](O)[C@](C)(n2cc(F)c(=O)[nH]c2=O)O[C@@H]1CO. The lowest BCUT2D eigenvalue weighted by molar-refractivity contribution is -0.137. The van der Waals surface area contributed by atoms with Gasteiger partial charge in [-0.25, -0.2) is 4.79 Å². The number of halogens is 1. The molecule has 1 saturated heterocycles. The van der Waals surface area contributed by atoms with E-state index in [0.29, 0.717) is 10.8 Å². The third kappa shape index (κ3) is 1.90. The lowest BCUT2D eigenvalue weighted by Gasteiger charge is -2.31. The van der Waals surface area contributed by atoms with Crippen LogP contribution in [0.2, 0.25) is 0 Å². The second kappa shape index (κ2) is 4.48. The molecule has 0 bridgehead atoms. The second-order valence-corrected chi connectivity index (χ2v) is 5.08. The Hall–Kier alpha value is -1.55. The third-order valence-electron chi connectivity index (χ3n) is 3.64. The summed E-state index contributed by atoms with van der Waals surface area (Å²) in [6.07, 6.45) is -2.22. The molecule has 4 atom stereocenters. The summed E-state index contributed by atoms with van der Waals surface area (Å²) < 4.78 is 19.3. The van der Waals surface area contributed by atoms with E-state index in [4.69, 9.17) is 9.84 Å². The maximum absolute atomic E-state index is 13.3. The molecular weight excluding hydrogens is 275 g/mol. The molecule has 1 aromatic heterocycles. The summed E-state index contributed by atoms with van der Waals surface area (Å²) in [6, 6.07) is 0. The van der Waals surface area contributed by atoms with E-state index in [9.17, 15) is 24.2 Å². The van der Waals surface area contributed by atoms with Crippen LogP contribution < -0.4 is 11.2 Å². The molecule has 0 aliphatic carbocycles. The van der Waals surface area contributed by atoms with Gasteiger partial charge < -0.3 is 20.1 Å². The maximum atomic E-state index is 13.3. The maximum Gasteiger partial charge on any atom is 0.330 e. The first-order chi connectivity index (χ1) is 9.14. The highest BCUT2D eigenvalue weighted by atomic mass is 19.1. The molecule has 0 aromatic carbocycles. The number of hydrogen-bond acceptors (Lipinski definition) is 6. The molecule has 1 aromatic rings. The van der Waals surface area contributed by atoms with Crippen molar-refractivity contribution in [2.24, 2.45) is 0 Å². The van der Waals surface area contributed by atoms with E-state index in [0.717, 1.165) is 0 Å². The van der Waals surface area contributed by atoms with Gasteiger partial charge in [-0.2, -0.15) is 4.39 Å². The van der Waals surface area contributed by atoms with Crippen LogP contribution in [0.1, 0.15) is 13.8 Å². The highest BCUT2D eigenvalue weighted by Crippen LogP contribution is 2.40. The number of ether oxygens (including phenoxy) is 1. The Morgan fingerprint density at radius 1 is 1.50 bits per heavy atom. The van der Waals surface area contributed by atoms with Gasteiger partial charge in [-0.1, -0.05) is 0 Å². The van der Waals surface area contributed by atoms with E-state index in [1.807, 2.05) is 0 Å². The lowest BCUT2D eigenvalue weighted by atomic mass is 9.91. The van der Waals surface area contributed by atoms with Gasteiger partial charge in [-0.05, 0) is 13.8 Å². The van der Waals surface area contributed by atoms with Gasteiger partial charge in [-0.15, -0.1) is 0 Å². The van der Waals surface area contributed by atoms with E-state index >= 15 is 0 Å². The fourth-order valence-electron chi connectivity index (χ4n) is 2.38. The van der Waals surface area contributed by atoms with Crippen molar-refractivity contribution in [1.29, 1.82) is 0 Å². The fraction of sp³-hybridized carbons (Fsp3) is 0.636. The van der Waals surface area contributed by atoms with Gasteiger partial charge in [0, 0.05) is 0 Å². The van der Waals surface area contributed by atoms with Crippen LogP contribution in [0.3, 0.4) is 0 Å². The van der Waals surface area contributed by atoms with Crippen LogP contribution in [-0.4, -0.2) is 49.3 Å². The largest absolute Gasteiger partial charge is 0.394 e. The summed E-state index contributed by atoms with van der Waals surface area (Å²) in [5, 5.41) is 29.4. The van der Waals surface area contributed by atoms with Gasteiger partial charge >= 0.3 is 5.69 Å². The molecule has 20 heavy (non-hydrogen) atoms. The van der Waals surface area contributed by atoms with E-state index in [1.165, 1.54) is 13.8 Å². The first kappa shape index (κ1) is 14.9. The smallest absolute Gasteiger partial charge is 0.330 e. The summed E-state index contributed by atoms with van der Waals surface area (Å²) in [4.78, 5) is 24.5. The topological polar surface area (TPSA) is 125 Å². The Morgan fingerprint density at radius 2 is 2.10 bits per heavy atom. The summed E-state index contributed by atoms with van der Waals surface area (Å²) >= 11 is 0. The predicted octanol–water partition coefficient (Wildman–Crippen LogP) is -2.15. The number of hydrogen-bond donors (Lipinski definition) is 4. The zero-order chi connectivity index (χ0) is 15.3. The summed E-state index contributed by atoms with van der Waals surface area (Å²) in [5.41, 5.74) is -5.89. The zero-order valence-electron chi connectivity index (χ0n) is 10.8. The minimum atomic E-state index is -1.85. The summed E-state index contributed by atoms with van der Waals surface area (Å²) in [5.74, 6) is -1.24. The molecule has 9 heteroatoms. The second-order valence-electron chi connectivity index (χ2n) is 5.08. The molecule has 8 nitrogen and oxygen atoms in total. The van der Waals surface area contributed by atoms with Crippen molar-refractivity contribution >= 4 is 0 Å². The van der Waals surface area contributed by atoms with Crippen LogP contribution in [0, 0.1) is 5.82 Å². The Bertz CT molecular complexity index is 639. The molecule has 2 rings (SSSR count). The number of H-pyrrole nitrogens is 1.